The molecule has 5 heteroatoms. The maximum Gasteiger partial charge on any atom is 0.305 e. The van der Waals surface area contributed by atoms with Crippen LogP contribution in [0.1, 0.15) is 19.8 Å². The largest absolute Gasteiger partial charge is 0.478 e. The summed E-state index contributed by atoms with van der Waals surface area (Å²) in [5.74, 6) is 0.434. The highest BCUT2D eigenvalue weighted by Gasteiger charge is 1.99. The molecular formula is C12H18N2O3. The van der Waals surface area contributed by atoms with Gasteiger partial charge >= 0.3 is 5.97 Å². The third-order valence-corrected chi connectivity index (χ3v) is 2.14. The van der Waals surface area contributed by atoms with Crippen LogP contribution in [0.4, 0.5) is 5.69 Å². The lowest BCUT2D eigenvalue weighted by Crippen LogP contribution is -2.06. The summed E-state index contributed by atoms with van der Waals surface area (Å²) in [6.07, 6.45) is 2.87. The molecule has 0 aliphatic carbocycles. The third kappa shape index (κ3) is 5.19. The zero-order chi connectivity index (χ0) is 12.5. The normalized spacial score (nSPS) is 9.76. The highest BCUT2D eigenvalue weighted by molar-refractivity contribution is 5.69. The van der Waals surface area contributed by atoms with E-state index in [1.807, 2.05) is 19.1 Å². The molecule has 17 heavy (non-hydrogen) atoms. The zero-order valence-electron chi connectivity index (χ0n) is 10.2. The molecule has 0 bridgehead atoms. The van der Waals surface area contributed by atoms with Crippen molar-refractivity contribution in [1.82, 2.24) is 4.98 Å². The lowest BCUT2D eigenvalue weighted by atomic mass is 10.3. The molecule has 0 aliphatic rings. The topological polar surface area (TPSA) is 60.5 Å². The molecule has 1 aromatic heterocycles. The van der Waals surface area contributed by atoms with Crippen molar-refractivity contribution in [2.75, 3.05) is 25.6 Å². The minimum absolute atomic E-state index is 0.184. The van der Waals surface area contributed by atoms with Crippen LogP contribution in [0.2, 0.25) is 0 Å². The monoisotopic (exact) mass is 238 g/mol. The first-order valence-corrected chi connectivity index (χ1v) is 5.65. The molecule has 0 amide bonds. The maximum absolute atomic E-state index is 10.9. The molecule has 0 radical (unpaired) electrons. The van der Waals surface area contributed by atoms with Gasteiger partial charge in [-0.1, -0.05) is 0 Å². The highest BCUT2D eigenvalue weighted by Crippen LogP contribution is 2.11. The SMILES string of the molecule is CCOc1ccc(NCCCC(=O)OC)cn1. The van der Waals surface area contributed by atoms with Crippen LogP contribution < -0.4 is 10.1 Å². The fourth-order valence-electron chi connectivity index (χ4n) is 1.29. The molecule has 0 aliphatic heterocycles. The molecule has 1 aromatic rings. The van der Waals surface area contributed by atoms with Gasteiger partial charge in [-0.2, -0.15) is 0 Å². The number of methoxy groups -OCH3 is 1. The second-order valence-corrected chi connectivity index (χ2v) is 3.42. The Morgan fingerprint density at radius 2 is 2.29 bits per heavy atom. The molecule has 5 nitrogen and oxygen atoms in total. The number of hydrogen-bond acceptors (Lipinski definition) is 5. The molecule has 0 atom stereocenters. The van der Waals surface area contributed by atoms with Crippen LogP contribution in [-0.4, -0.2) is 31.2 Å². The van der Waals surface area contributed by atoms with Gasteiger partial charge in [-0.3, -0.25) is 4.79 Å². The summed E-state index contributed by atoms with van der Waals surface area (Å²) in [6, 6.07) is 3.71. The van der Waals surface area contributed by atoms with Gasteiger partial charge in [0.1, 0.15) is 0 Å². The Morgan fingerprint density at radius 3 is 2.88 bits per heavy atom. The average molecular weight is 238 g/mol. The van der Waals surface area contributed by atoms with Crippen LogP contribution in [0.15, 0.2) is 18.3 Å². The Labute approximate surface area is 101 Å². The van der Waals surface area contributed by atoms with Crippen molar-refractivity contribution in [2.24, 2.45) is 0 Å². The van der Waals surface area contributed by atoms with E-state index >= 15 is 0 Å². The Hall–Kier alpha value is -1.78. The van der Waals surface area contributed by atoms with Gasteiger partial charge in [0.05, 0.1) is 25.6 Å². The minimum Gasteiger partial charge on any atom is -0.478 e. The number of rotatable bonds is 7. The van der Waals surface area contributed by atoms with Gasteiger partial charge in [-0.15, -0.1) is 0 Å². The number of nitrogens with one attached hydrogen (secondary N) is 1. The fourth-order valence-corrected chi connectivity index (χ4v) is 1.29. The van der Waals surface area contributed by atoms with Crippen molar-refractivity contribution >= 4 is 11.7 Å². The van der Waals surface area contributed by atoms with Crippen LogP contribution in [0.5, 0.6) is 5.88 Å². The smallest absolute Gasteiger partial charge is 0.305 e. The second kappa shape index (κ2) is 7.49. The number of esters is 1. The van der Waals surface area contributed by atoms with Crippen LogP contribution in [0.3, 0.4) is 0 Å². The van der Waals surface area contributed by atoms with E-state index in [9.17, 15) is 4.79 Å². The van der Waals surface area contributed by atoms with Gasteiger partial charge in [0, 0.05) is 19.0 Å². The first kappa shape index (κ1) is 13.3. The Balaban J connectivity index is 2.25. The first-order chi connectivity index (χ1) is 8.26. The number of carbonyl (C=O) groups is 1. The van der Waals surface area contributed by atoms with Crippen molar-refractivity contribution in [1.29, 1.82) is 0 Å². The van der Waals surface area contributed by atoms with Gasteiger partial charge in [-0.05, 0) is 19.4 Å². The van der Waals surface area contributed by atoms with Crippen LogP contribution >= 0.6 is 0 Å². The minimum atomic E-state index is -0.184. The van der Waals surface area contributed by atoms with Crippen LogP contribution in [0.25, 0.3) is 0 Å². The average Bonchev–Trinajstić information content (AvgIpc) is 2.36. The predicted octanol–water partition coefficient (Wildman–Crippen LogP) is 1.85. The van der Waals surface area contributed by atoms with Crippen molar-refractivity contribution in [3.05, 3.63) is 18.3 Å². The zero-order valence-corrected chi connectivity index (χ0v) is 10.2. The maximum atomic E-state index is 10.9. The molecule has 0 saturated carbocycles. The fraction of sp³-hybridized carbons (Fsp3) is 0.500. The van der Waals surface area contributed by atoms with E-state index in [4.69, 9.17) is 4.74 Å². The Morgan fingerprint density at radius 1 is 1.47 bits per heavy atom. The van der Waals surface area contributed by atoms with Crippen molar-refractivity contribution in [3.63, 3.8) is 0 Å². The van der Waals surface area contributed by atoms with Crippen molar-refractivity contribution < 1.29 is 14.3 Å². The van der Waals surface area contributed by atoms with Crippen molar-refractivity contribution in [2.45, 2.75) is 19.8 Å². The molecule has 1 rings (SSSR count). The molecule has 0 spiro atoms. The molecule has 0 saturated heterocycles. The number of ether oxygens (including phenoxy) is 2. The lowest BCUT2D eigenvalue weighted by molar-refractivity contribution is -0.140. The number of carbonyl (C=O) groups excluding carboxylic acids is 1. The molecule has 0 aromatic carbocycles. The summed E-state index contributed by atoms with van der Waals surface area (Å²) < 4.78 is 9.78. The van der Waals surface area contributed by atoms with Gasteiger partial charge in [0.15, 0.2) is 0 Å². The third-order valence-electron chi connectivity index (χ3n) is 2.14. The number of anilines is 1. The molecular weight excluding hydrogens is 220 g/mol. The highest BCUT2D eigenvalue weighted by atomic mass is 16.5. The molecule has 0 unspecified atom stereocenters. The summed E-state index contributed by atoms with van der Waals surface area (Å²) >= 11 is 0. The molecule has 0 fully saturated rings. The van der Waals surface area contributed by atoms with Crippen LogP contribution in [0, 0.1) is 0 Å². The summed E-state index contributed by atoms with van der Waals surface area (Å²) in [4.78, 5) is 15.0. The first-order valence-electron chi connectivity index (χ1n) is 5.65. The van der Waals surface area contributed by atoms with E-state index in [2.05, 4.69) is 15.0 Å². The molecule has 1 heterocycles. The summed E-state index contributed by atoms with van der Waals surface area (Å²) in [6.45, 7) is 3.24. The van der Waals surface area contributed by atoms with Gasteiger partial charge in [0.25, 0.3) is 0 Å². The number of aromatic nitrogens is 1. The van der Waals surface area contributed by atoms with E-state index in [-0.39, 0.29) is 5.97 Å². The van der Waals surface area contributed by atoms with E-state index < -0.39 is 0 Å². The second-order valence-electron chi connectivity index (χ2n) is 3.42. The quantitative estimate of drug-likeness (QED) is 0.580. The van der Waals surface area contributed by atoms with Gasteiger partial charge in [0.2, 0.25) is 5.88 Å². The number of nitrogens with zero attached hydrogens (tertiary/aromatic N) is 1. The van der Waals surface area contributed by atoms with E-state index in [0.717, 1.165) is 12.1 Å². The van der Waals surface area contributed by atoms with Gasteiger partial charge in [-0.25, -0.2) is 4.98 Å². The molecule has 94 valence electrons. The molecule has 1 N–H and O–H groups in total. The number of pyridine rings is 1. The number of hydrogen-bond donors (Lipinski definition) is 1. The van der Waals surface area contributed by atoms with Crippen molar-refractivity contribution in [3.8, 4) is 5.88 Å². The summed E-state index contributed by atoms with van der Waals surface area (Å²) in [7, 11) is 1.39. The predicted molar refractivity (Wildman–Crippen MR) is 65.1 cm³/mol. The summed E-state index contributed by atoms with van der Waals surface area (Å²) in [5, 5.41) is 3.17. The Kier molecular flexibility index (Phi) is 5.85. The van der Waals surface area contributed by atoms with E-state index in [1.165, 1.54) is 7.11 Å². The lowest BCUT2D eigenvalue weighted by Gasteiger charge is -2.06. The van der Waals surface area contributed by atoms with Crippen LogP contribution in [-0.2, 0) is 9.53 Å². The van der Waals surface area contributed by atoms with E-state index in [0.29, 0.717) is 25.5 Å². The standard InChI is InChI=1S/C12H18N2O3/c1-3-17-11-7-6-10(9-14-11)13-8-4-5-12(15)16-2/h6-7,9,13H,3-5,8H2,1-2H3. The Bertz CT molecular complexity index is 338. The van der Waals surface area contributed by atoms with Gasteiger partial charge < -0.3 is 14.8 Å². The van der Waals surface area contributed by atoms with E-state index in [1.54, 1.807) is 6.20 Å². The summed E-state index contributed by atoms with van der Waals surface area (Å²) in [5.41, 5.74) is 0.915.